The van der Waals surface area contributed by atoms with E-state index >= 15 is 0 Å². The van der Waals surface area contributed by atoms with E-state index in [0.717, 1.165) is 11.5 Å². The number of hydrogen-bond acceptors (Lipinski definition) is 3. The third-order valence-electron chi connectivity index (χ3n) is 3.94. The van der Waals surface area contributed by atoms with Crippen LogP contribution in [0.2, 0.25) is 0 Å². The van der Waals surface area contributed by atoms with Gasteiger partial charge in [0.2, 0.25) is 0 Å². The zero-order valence-electron chi connectivity index (χ0n) is 12.0. The van der Waals surface area contributed by atoms with Gasteiger partial charge in [-0.05, 0) is 38.8 Å². The first-order valence-electron chi connectivity index (χ1n) is 7.01. The molecule has 3 heteroatoms. The number of aromatic nitrogens is 2. The molecule has 1 saturated carbocycles. The van der Waals surface area contributed by atoms with Crippen LogP contribution in [0.25, 0.3) is 0 Å². The van der Waals surface area contributed by atoms with Gasteiger partial charge < -0.3 is 5.32 Å². The second-order valence-electron chi connectivity index (χ2n) is 6.39. The largest absolute Gasteiger partial charge is 0.317 e. The van der Waals surface area contributed by atoms with Crippen LogP contribution in [-0.4, -0.2) is 23.1 Å². The Morgan fingerprint density at radius 3 is 2.39 bits per heavy atom. The van der Waals surface area contributed by atoms with Gasteiger partial charge in [0.25, 0.3) is 0 Å². The summed E-state index contributed by atoms with van der Waals surface area (Å²) >= 11 is 0. The SMILES string of the molecule is CNC1CCC(c2nccc(C(C)(C)C)n2)CC1. The van der Waals surface area contributed by atoms with E-state index in [-0.39, 0.29) is 5.41 Å². The fourth-order valence-electron chi connectivity index (χ4n) is 2.63. The van der Waals surface area contributed by atoms with Gasteiger partial charge in [-0.25, -0.2) is 9.97 Å². The van der Waals surface area contributed by atoms with Crippen molar-refractivity contribution in [3.63, 3.8) is 0 Å². The maximum atomic E-state index is 4.79. The van der Waals surface area contributed by atoms with Crippen molar-refractivity contribution in [2.75, 3.05) is 7.05 Å². The van der Waals surface area contributed by atoms with Crippen LogP contribution in [0.1, 0.15) is 63.9 Å². The Morgan fingerprint density at radius 2 is 1.83 bits per heavy atom. The van der Waals surface area contributed by atoms with Gasteiger partial charge in [-0.3, -0.25) is 0 Å². The summed E-state index contributed by atoms with van der Waals surface area (Å²) in [7, 11) is 2.06. The van der Waals surface area contributed by atoms with E-state index < -0.39 is 0 Å². The molecule has 1 fully saturated rings. The van der Waals surface area contributed by atoms with Crippen LogP contribution in [0, 0.1) is 0 Å². The van der Waals surface area contributed by atoms with E-state index in [4.69, 9.17) is 4.98 Å². The topological polar surface area (TPSA) is 37.8 Å². The molecule has 1 aliphatic carbocycles. The lowest BCUT2D eigenvalue weighted by Crippen LogP contribution is -2.30. The van der Waals surface area contributed by atoms with Gasteiger partial charge in [-0.15, -0.1) is 0 Å². The summed E-state index contributed by atoms with van der Waals surface area (Å²) in [6.45, 7) is 6.62. The Morgan fingerprint density at radius 1 is 1.17 bits per heavy atom. The molecule has 1 aromatic heterocycles. The van der Waals surface area contributed by atoms with Crippen molar-refractivity contribution in [1.29, 1.82) is 0 Å². The molecular weight excluding hydrogens is 222 g/mol. The molecule has 1 N–H and O–H groups in total. The van der Waals surface area contributed by atoms with Gasteiger partial charge in [0.15, 0.2) is 0 Å². The van der Waals surface area contributed by atoms with Crippen molar-refractivity contribution in [2.45, 2.75) is 63.8 Å². The minimum Gasteiger partial charge on any atom is -0.317 e. The number of nitrogens with one attached hydrogen (secondary N) is 1. The molecule has 2 rings (SSSR count). The lowest BCUT2D eigenvalue weighted by Gasteiger charge is -2.28. The van der Waals surface area contributed by atoms with Crippen LogP contribution < -0.4 is 5.32 Å². The third kappa shape index (κ3) is 3.08. The average Bonchev–Trinajstić information content (AvgIpc) is 2.38. The zero-order chi connectivity index (χ0) is 13.2. The Balaban J connectivity index is 2.10. The molecule has 0 unspecified atom stereocenters. The quantitative estimate of drug-likeness (QED) is 0.873. The monoisotopic (exact) mass is 247 g/mol. The summed E-state index contributed by atoms with van der Waals surface area (Å²) < 4.78 is 0. The van der Waals surface area contributed by atoms with E-state index in [0.29, 0.717) is 12.0 Å². The van der Waals surface area contributed by atoms with Gasteiger partial charge in [0.1, 0.15) is 5.82 Å². The predicted molar refractivity (Wildman–Crippen MR) is 74.8 cm³/mol. The molecule has 0 aromatic carbocycles. The second-order valence-corrected chi connectivity index (χ2v) is 6.39. The number of nitrogens with zero attached hydrogens (tertiary/aromatic N) is 2. The smallest absolute Gasteiger partial charge is 0.131 e. The van der Waals surface area contributed by atoms with Crippen molar-refractivity contribution >= 4 is 0 Å². The van der Waals surface area contributed by atoms with Crippen LogP contribution >= 0.6 is 0 Å². The molecule has 0 atom stereocenters. The summed E-state index contributed by atoms with van der Waals surface area (Å²) in [5.41, 5.74) is 1.27. The molecule has 0 radical (unpaired) electrons. The molecule has 100 valence electrons. The van der Waals surface area contributed by atoms with Crippen molar-refractivity contribution in [3.8, 4) is 0 Å². The second kappa shape index (κ2) is 5.35. The molecule has 1 aliphatic rings. The first-order valence-corrected chi connectivity index (χ1v) is 7.01. The Kier molecular flexibility index (Phi) is 4.00. The summed E-state index contributed by atoms with van der Waals surface area (Å²) in [5, 5.41) is 3.37. The molecule has 0 saturated heterocycles. The summed E-state index contributed by atoms with van der Waals surface area (Å²) in [4.78, 5) is 9.28. The fourth-order valence-corrected chi connectivity index (χ4v) is 2.63. The molecule has 0 spiro atoms. The summed E-state index contributed by atoms with van der Waals surface area (Å²) in [6, 6.07) is 2.73. The van der Waals surface area contributed by atoms with Crippen molar-refractivity contribution < 1.29 is 0 Å². The standard InChI is InChI=1S/C15H25N3/c1-15(2,3)13-9-10-17-14(18-13)11-5-7-12(16-4)8-6-11/h9-12,16H,5-8H2,1-4H3. The van der Waals surface area contributed by atoms with Crippen molar-refractivity contribution in [2.24, 2.45) is 0 Å². The van der Waals surface area contributed by atoms with Crippen LogP contribution in [0.3, 0.4) is 0 Å². The van der Waals surface area contributed by atoms with Gasteiger partial charge in [-0.1, -0.05) is 20.8 Å². The highest BCUT2D eigenvalue weighted by molar-refractivity contribution is 5.14. The maximum absolute atomic E-state index is 4.79. The normalized spacial score (nSPS) is 25.1. The molecule has 3 nitrogen and oxygen atoms in total. The Bertz CT molecular complexity index is 387. The minimum absolute atomic E-state index is 0.111. The van der Waals surface area contributed by atoms with Crippen LogP contribution in [0.15, 0.2) is 12.3 Å². The Labute approximate surface area is 110 Å². The van der Waals surface area contributed by atoms with E-state index in [9.17, 15) is 0 Å². The molecule has 18 heavy (non-hydrogen) atoms. The minimum atomic E-state index is 0.111. The maximum Gasteiger partial charge on any atom is 0.131 e. The number of hydrogen-bond donors (Lipinski definition) is 1. The highest BCUT2D eigenvalue weighted by Gasteiger charge is 2.24. The van der Waals surface area contributed by atoms with E-state index in [1.807, 2.05) is 12.3 Å². The van der Waals surface area contributed by atoms with Crippen LogP contribution in [-0.2, 0) is 5.41 Å². The van der Waals surface area contributed by atoms with Gasteiger partial charge in [0, 0.05) is 29.3 Å². The van der Waals surface area contributed by atoms with Crippen molar-refractivity contribution in [3.05, 3.63) is 23.8 Å². The van der Waals surface area contributed by atoms with E-state index in [1.54, 1.807) is 0 Å². The first kappa shape index (κ1) is 13.5. The molecular formula is C15H25N3. The summed E-state index contributed by atoms with van der Waals surface area (Å²) in [6.07, 6.45) is 6.82. The molecule has 0 aliphatic heterocycles. The van der Waals surface area contributed by atoms with E-state index in [2.05, 4.69) is 38.1 Å². The van der Waals surface area contributed by atoms with Gasteiger partial charge >= 0.3 is 0 Å². The molecule has 0 amide bonds. The zero-order valence-corrected chi connectivity index (χ0v) is 12.0. The van der Waals surface area contributed by atoms with Gasteiger partial charge in [-0.2, -0.15) is 0 Å². The van der Waals surface area contributed by atoms with Crippen molar-refractivity contribution in [1.82, 2.24) is 15.3 Å². The Hall–Kier alpha value is -0.960. The fraction of sp³-hybridized carbons (Fsp3) is 0.733. The number of rotatable bonds is 2. The van der Waals surface area contributed by atoms with Crippen LogP contribution in [0.5, 0.6) is 0 Å². The predicted octanol–water partition coefficient (Wildman–Crippen LogP) is 3.02. The molecule has 0 bridgehead atoms. The molecule has 1 aromatic rings. The summed E-state index contributed by atoms with van der Waals surface area (Å²) in [5.74, 6) is 1.61. The third-order valence-corrected chi connectivity index (χ3v) is 3.94. The van der Waals surface area contributed by atoms with Crippen LogP contribution in [0.4, 0.5) is 0 Å². The highest BCUT2D eigenvalue weighted by Crippen LogP contribution is 2.31. The van der Waals surface area contributed by atoms with E-state index in [1.165, 1.54) is 25.7 Å². The highest BCUT2D eigenvalue weighted by atomic mass is 14.9. The molecule has 1 heterocycles. The lowest BCUT2D eigenvalue weighted by atomic mass is 9.85. The average molecular weight is 247 g/mol. The van der Waals surface area contributed by atoms with Gasteiger partial charge in [0.05, 0.1) is 0 Å². The first-order chi connectivity index (χ1) is 8.50. The lowest BCUT2D eigenvalue weighted by molar-refractivity contribution is 0.349.